The van der Waals surface area contributed by atoms with Crippen molar-refractivity contribution in [2.45, 2.75) is 6.92 Å². The summed E-state index contributed by atoms with van der Waals surface area (Å²) in [5, 5.41) is 4.89. The van der Waals surface area contributed by atoms with Crippen molar-refractivity contribution in [2.24, 2.45) is 0 Å². The molecule has 0 radical (unpaired) electrons. The Bertz CT molecular complexity index is 712. The number of carbonyl (C=O) groups excluding carboxylic acids is 2. The summed E-state index contributed by atoms with van der Waals surface area (Å²) in [6.45, 7) is 1.30. The quantitative estimate of drug-likeness (QED) is 0.853. The van der Waals surface area contributed by atoms with Gasteiger partial charge in [0.1, 0.15) is 11.5 Å². The van der Waals surface area contributed by atoms with Gasteiger partial charge in [-0.25, -0.2) is 4.39 Å². The first-order valence-electron chi connectivity index (χ1n) is 6.66. The van der Waals surface area contributed by atoms with Crippen molar-refractivity contribution in [3.8, 4) is 0 Å². The van der Waals surface area contributed by atoms with E-state index in [1.807, 2.05) is 18.2 Å². The van der Waals surface area contributed by atoms with Gasteiger partial charge in [-0.15, -0.1) is 0 Å². The van der Waals surface area contributed by atoms with E-state index in [0.29, 0.717) is 0 Å². The van der Waals surface area contributed by atoms with Crippen LogP contribution in [0.3, 0.4) is 0 Å². The van der Waals surface area contributed by atoms with E-state index in [0.717, 1.165) is 5.56 Å². The number of carbonyl (C=O) groups is 2. The van der Waals surface area contributed by atoms with Gasteiger partial charge in [-0.1, -0.05) is 42.5 Å². The third-order valence-electron chi connectivity index (χ3n) is 2.79. The van der Waals surface area contributed by atoms with Gasteiger partial charge >= 0.3 is 0 Å². The van der Waals surface area contributed by atoms with E-state index in [1.165, 1.54) is 31.2 Å². The lowest BCUT2D eigenvalue weighted by Gasteiger charge is -2.10. The van der Waals surface area contributed by atoms with Crippen LogP contribution in [0, 0.1) is 5.82 Å². The van der Waals surface area contributed by atoms with Gasteiger partial charge in [-0.05, 0) is 23.8 Å². The van der Waals surface area contributed by atoms with E-state index in [9.17, 15) is 14.0 Å². The lowest BCUT2D eigenvalue weighted by Crippen LogP contribution is -2.29. The number of amides is 2. The zero-order valence-electron chi connectivity index (χ0n) is 12.0. The maximum absolute atomic E-state index is 13.6. The number of hydrogen-bond donors (Lipinski definition) is 2. The van der Waals surface area contributed by atoms with E-state index in [4.69, 9.17) is 0 Å². The van der Waals surface area contributed by atoms with Gasteiger partial charge < -0.3 is 10.6 Å². The largest absolute Gasteiger partial charge is 0.322 e. The molecular weight excluding hydrogens is 283 g/mol. The summed E-state index contributed by atoms with van der Waals surface area (Å²) in [7, 11) is 0. The Labute approximate surface area is 127 Å². The molecule has 0 aliphatic carbocycles. The maximum atomic E-state index is 13.6. The monoisotopic (exact) mass is 298 g/mol. The summed E-state index contributed by atoms with van der Waals surface area (Å²) >= 11 is 0. The Morgan fingerprint density at radius 1 is 1.00 bits per heavy atom. The van der Waals surface area contributed by atoms with Crippen molar-refractivity contribution in [1.82, 2.24) is 5.32 Å². The lowest BCUT2D eigenvalue weighted by molar-refractivity contribution is -0.120. The Kier molecular flexibility index (Phi) is 5.03. The smallest absolute Gasteiger partial charge is 0.272 e. The van der Waals surface area contributed by atoms with Crippen molar-refractivity contribution in [3.05, 3.63) is 71.7 Å². The van der Waals surface area contributed by atoms with Crippen LogP contribution in [0.4, 0.5) is 10.1 Å². The van der Waals surface area contributed by atoms with Crippen LogP contribution in [0.15, 0.2) is 60.3 Å². The van der Waals surface area contributed by atoms with Crippen LogP contribution in [0.5, 0.6) is 0 Å². The summed E-state index contributed by atoms with van der Waals surface area (Å²) in [4.78, 5) is 23.5. The van der Waals surface area contributed by atoms with Crippen LogP contribution < -0.4 is 10.6 Å². The van der Waals surface area contributed by atoms with Gasteiger partial charge in [0.05, 0.1) is 5.69 Å². The van der Waals surface area contributed by atoms with Crippen LogP contribution in [-0.4, -0.2) is 11.8 Å². The highest BCUT2D eigenvalue weighted by atomic mass is 19.1. The minimum absolute atomic E-state index is 0.0435. The number of hydrogen-bond acceptors (Lipinski definition) is 2. The van der Waals surface area contributed by atoms with Crippen LogP contribution in [0.2, 0.25) is 0 Å². The van der Waals surface area contributed by atoms with Crippen molar-refractivity contribution in [1.29, 1.82) is 0 Å². The highest BCUT2D eigenvalue weighted by molar-refractivity contribution is 6.08. The van der Waals surface area contributed by atoms with Crippen molar-refractivity contribution >= 4 is 23.6 Å². The summed E-state index contributed by atoms with van der Waals surface area (Å²) in [6, 6.07) is 14.9. The van der Waals surface area contributed by atoms with Crippen LogP contribution >= 0.6 is 0 Å². The van der Waals surface area contributed by atoms with Crippen molar-refractivity contribution in [3.63, 3.8) is 0 Å². The van der Waals surface area contributed by atoms with Crippen LogP contribution in [0.25, 0.3) is 6.08 Å². The van der Waals surface area contributed by atoms with Gasteiger partial charge in [0.2, 0.25) is 5.91 Å². The molecular formula is C17H15FN2O2. The molecule has 2 N–H and O–H groups in total. The molecule has 2 rings (SSSR count). The maximum Gasteiger partial charge on any atom is 0.272 e. The molecule has 22 heavy (non-hydrogen) atoms. The second kappa shape index (κ2) is 7.17. The van der Waals surface area contributed by atoms with Gasteiger partial charge in [-0.2, -0.15) is 0 Å². The molecule has 4 nitrogen and oxygen atoms in total. The molecule has 2 amide bonds. The fourth-order valence-corrected chi connectivity index (χ4v) is 1.82. The first-order chi connectivity index (χ1) is 10.6. The summed E-state index contributed by atoms with van der Waals surface area (Å²) in [6.07, 6.45) is 1.53. The Morgan fingerprint density at radius 3 is 2.27 bits per heavy atom. The van der Waals surface area contributed by atoms with Gasteiger partial charge in [-0.3, -0.25) is 9.59 Å². The lowest BCUT2D eigenvalue weighted by atomic mass is 10.2. The van der Waals surface area contributed by atoms with E-state index >= 15 is 0 Å². The van der Waals surface area contributed by atoms with Gasteiger partial charge in [0.15, 0.2) is 0 Å². The third-order valence-corrected chi connectivity index (χ3v) is 2.79. The van der Waals surface area contributed by atoms with E-state index < -0.39 is 11.7 Å². The summed E-state index contributed by atoms with van der Waals surface area (Å²) < 4.78 is 13.6. The average Bonchev–Trinajstić information content (AvgIpc) is 2.49. The number of rotatable bonds is 4. The third kappa shape index (κ3) is 4.28. The van der Waals surface area contributed by atoms with Crippen LogP contribution in [-0.2, 0) is 9.59 Å². The SMILES string of the molecule is CC(=O)NC(=Cc1ccccc1)C(=O)Nc1ccccc1F. The molecule has 0 saturated carbocycles. The molecule has 0 aliphatic rings. The number of benzene rings is 2. The van der Waals surface area contributed by atoms with Gasteiger partial charge in [0, 0.05) is 6.92 Å². The van der Waals surface area contributed by atoms with E-state index in [2.05, 4.69) is 10.6 Å². The molecule has 0 heterocycles. The van der Waals surface area contributed by atoms with E-state index in [-0.39, 0.29) is 17.3 Å². The number of anilines is 1. The molecule has 0 fully saturated rings. The molecule has 0 bridgehead atoms. The molecule has 0 unspecified atom stereocenters. The zero-order valence-corrected chi connectivity index (χ0v) is 12.0. The number of nitrogens with one attached hydrogen (secondary N) is 2. The highest BCUT2D eigenvalue weighted by Gasteiger charge is 2.13. The standard InChI is InChI=1S/C17H15FN2O2/c1-12(21)19-16(11-13-7-3-2-4-8-13)17(22)20-15-10-6-5-9-14(15)18/h2-11H,1H3,(H,19,21)(H,20,22). The fraction of sp³-hybridized carbons (Fsp3) is 0.0588. The topological polar surface area (TPSA) is 58.2 Å². The molecule has 2 aromatic carbocycles. The molecule has 5 heteroatoms. The highest BCUT2D eigenvalue weighted by Crippen LogP contribution is 2.14. The number of para-hydroxylation sites is 1. The minimum atomic E-state index is -0.593. The molecule has 0 atom stereocenters. The minimum Gasteiger partial charge on any atom is -0.322 e. The Morgan fingerprint density at radius 2 is 1.64 bits per heavy atom. The molecule has 2 aromatic rings. The summed E-state index contributed by atoms with van der Waals surface area (Å²) in [5.74, 6) is -1.52. The second-order valence-electron chi connectivity index (χ2n) is 4.58. The predicted octanol–water partition coefficient (Wildman–Crippen LogP) is 2.94. The molecule has 0 spiro atoms. The zero-order chi connectivity index (χ0) is 15.9. The van der Waals surface area contributed by atoms with Crippen molar-refractivity contribution < 1.29 is 14.0 Å². The Hall–Kier alpha value is -2.95. The van der Waals surface area contributed by atoms with Crippen molar-refractivity contribution in [2.75, 3.05) is 5.32 Å². The molecule has 0 saturated heterocycles. The number of halogens is 1. The summed E-state index contributed by atoms with van der Waals surface area (Å²) in [5.41, 5.74) is 0.841. The van der Waals surface area contributed by atoms with E-state index in [1.54, 1.807) is 18.2 Å². The predicted molar refractivity (Wildman–Crippen MR) is 83.3 cm³/mol. The molecule has 0 aliphatic heterocycles. The first kappa shape index (κ1) is 15.4. The Balaban J connectivity index is 2.26. The van der Waals surface area contributed by atoms with Crippen LogP contribution in [0.1, 0.15) is 12.5 Å². The average molecular weight is 298 g/mol. The molecule has 112 valence electrons. The normalized spacial score (nSPS) is 10.9. The second-order valence-corrected chi connectivity index (χ2v) is 4.58. The van der Waals surface area contributed by atoms with Gasteiger partial charge in [0.25, 0.3) is 5.91 Å². The fourth-order valence-electron chi connectivity index (χ4n) is 1.82. The molecule has 0 aromatic heterocycles. The first-order valence-corrected chi connectivity index (χ1v) is 6.66.